The molecule has 1 heterocycles. The first kappa shape index (κ1) is 21.1. The van der Waals surface area contributed by atoms with Crippen LogP contribution in [0.15, 0.2) is 24.3 Å². The van der Waals surface area contributed by atoms with Crippen molar-refractivity contribution in [3.8, 4) is 0 Å². The summed E-state index contributed by atoms with van der Waals surface area (Å²) in [5.74, 6) is 0. The average Bonchev–Trinajstić information content (AvgIpc) is 2.86. The van der Waals surface area contributed by atoms with Crippen molar-refractivity contribution < 1.29 is 52.7 Å². The van der Waals surface area contributed by atoms with Gasteiger partial charge in [-0.3, -0.25) is 0 Å². The number of nitrogens with one attached hydrogen (secondary N) is 1. The topological polar surface area (TPSA) is 15.8 Å². The Labute approximate surface area is 151 Å². The monoisotopic (exact) mass is 439 g/mol. The molecule has 0 spiro atoms. The van der Waals surface area contributed by atoms with Gasteiger partial charge in [0.25, 0.3) is 0 Å². The van der Waals surface area contributed by atoms with Gasteiger partial charge >= 0.3 is 24.7 Å². The molecule has 13 heteroatoms. The number of rotatable bonds is 0. The van der Waals surface area contributed by atoms with Gasteiger partial charge in [0.1, 0.15) is 0 Å². The van der Waals surface area contributed by atoms with Gasteiger partial charge in [-0.2, -0.15) is 52.7 Å². The Hall–Kier alpha value is -2.60. The largest absolute Gasteiger partial charge is 0.417 e. The number of halogens is 12. The van der Waals surface area contributed by atoms with E-state index in [0.29, 0.717) is 0 Å². The maximum absolute atomic E-state index is 13.1. The number of hydrogen-bond acceptors (Lipinski definition) is 0. The number of aromatic nitrogens is 1. The van der Waals surface area contributed by atoms with Crippen molar-refractivity contribution in [3.05, 3.63) is 46.5 Å². The van der Waals surface area contributed by atoms with Crippen LogP contribution < -0.4 is 0 Å². The highest BCUT2D eigenvalue weighted by Crippen LogP contribution is 2.46. The number of benzene rings is 2. The summed E-state index contributed by atoms with van der Waals surface area (Å²) in [7, 11) is 0. The lowest BCUT2D eigenvalue weighted by molar-refractivity contribution is -0.161. The first-order chi connectivity index (χ1) is 12.9. The third kappa shape index (κ3) is 3.69. The number of fused-ring (bicyclic) bond motifs is 3. The van der Waals surface area contributed by atoms with Crippen LogP contribution in [0.4, 0.5) is 52.7 Å². The molecule has 0 amide bonds. The third-order valence-electron chi connectivity index (χ3n) is 4.10. The van der Waals surface area contributed by atoms with Crippen LogP contribution in [0.1, 0.15) is 22.3 Å². The molecule has 1 N–H and O–H groups in total. The van der Waals surface area contributed by atoms with Gasteiger partial charge in [0, 0.05) is 21.8 Å². The summed E-state index contributed by atoms with van der Waals surface area (Å²) in [6.45, 7) is 0. The number of aromatic amines is 1. The van der Waals surface area contributed by atoms with Crippen LogP contribution in [0.25, 0.3) is 21.8 Å². The van der Waals surface area contributed by atoms with Crippen LogP contribution >= 0.6 is 0 Å². The molecule has 0 bridgehead atoms. The highest BCUT2D eigenvalue weighted by atomic mass is 19.4. The van der Waals surface area contributed by atoms with Crippen LogP contribution in [-0.2, 0) is 24.7 Å². The van der Waals surface area contributed by atoms with Crippen molar-refractivity contribution >= 4 is 21.8 Å². The van der Waals surface area contributed by atoms with Crippen LogP contribution in [-0.4, -0.2) is 4.98 Å². The summed E-state index contributed by atoms with van der Waals surface area (Å²) in [5.41, 5.74) is -10.0. The second-order valence-corrected chi connectivity index (χ2v) is 6.00. The Balaban J connectivity index is 2.47. The molecule has 0 saturated carbocycles. The standard InChI is InChI=1S/C16H5F12N/c17-13(18,19)7-1-5-6-2-8(14(20,21)22)10(16(26,27)28)4-12(6)29-11(5)3-9(7)15(23,24)25/h1-4,29H. The van der Waals surface area contributed by atoms with E-state index in [-0.39, 0.29) is 24.3 Å². The summed E-state index contributed by atoms with van der Waals surface area (Å²) in [6.07, 6.45) is -22.0. The molecule has 29 heavy (non-hydrogen) atoms. The predicted molar refractivity (Wildman–Crippen MR) is 75.8 cm³/mol. The molecule has 2 aromatic carbocycles. The van der Waals surface area contributed by atoms with E-state index in [2.05, 4.69) is 0 Å². The molecule has 0 atom stereocenters. The van der Waals surface area contributed by atoms with Crippen LogP contribution in [0.2, 0.25) is 0 Å². The van der Waals surface area contributed by atoms with E-state index in [1.807, 2.05) is 4.98 Å². The number of H-pyrrole nitrogens is 1. The first-order valence-electron chi connectivity index (χ1n) is 7.33. The lowest BCUT2D eigenvalue weighted by Gasteiger charge is -2.16. The minimum Gasteiger partial charge on any atom is -0.354 e. The summed E-state index contributed by atoms with van der Waals surface area (Å²) in [4.78, 5) is 2.03. The van der Waals surface area contributed by atoms with E-state index < -0.39 is 68.8 Å². The lowest BCUT2D eigenvalue weighted by Crippen LogP contribution is -2.16. The quantitative estimate of drug-likeness (QED) is 0.352. The fourth-order valence-electron chi connectivity index (χ4n) is 2.94. The fraction of sp³-hybridized carbons (Fsp3) is 0.250. The lowest BCUT2D eigenvalue weighted by atomic mass is 9.99. The highest BCUT2D eigenvalue weighted by molar-refractivity contribution is 6.08. The van der Waals surface area contributed by atoms with Gasteiger partial charge in [0.05, 0.1) is 22.3 Å². The number of hydrogen-bond donors (Lipinski definition) is 1. The maximum Gasteiger partial charge on any atom is 0.417 e. The van der Waals surface area contributed by atoms with Gasteiger partial charge in [-0.25, -0.2) is 0 Å². The molecular weight excluding hydrogens is 434 g/mol. The van der Waals surface area contributed by atoms with E-state index in [9.17, 15) is 52.7 Å². The van der Waals surface area contributed by atoms with Gasteiger partial charge in [-0.1, -0.05) is 0 Å². The van der Waals surface area contributed by atoms with Crippen molar-refractivity contribution in [1.29, 1.82) is 0 Å². The molecule has 1 aromatic heterocycles. The molecule has 0 aliphatic rings. The molecule has 1 nitrogen and oxygen atoms in total. The molecular formula is C16H5F12N. The van der Waals surface area contributed by atoms with E-state index in [0.717, 1.165) is 0 Å². The normalized spacial score (nSPS) is 14.2. The second kappa shape index (κ2) is 5.95. The SMILES string of the molecule is FC(F)(F)c1cc2[nH]c3cc(C(F)(F)F)c(C(F)(F)F)cc3c2cc1C(F)(F)F. The van der Waals surface area contributed by atoms with Crippen molar-refractivity contribution in [2.24, 2.45) is 0 Å². The fourth-order valence-corrected chi connectivity index (χ4v) is 2.94. The summed E-state index contributed by atoms with van der Waals surface area (Å²) < 4.78 is 156. The zero-order valence-electron chi connectivity index (χ0n) is 13.3. The van der Waals surface area contributed by atoms with E-state index in [1.54, 1.807) is 0 Å². The van der Waals surface area contributed by atoms with E-state index >= 15 is 0 Å². The van der Waals surface area contributed by atoms with Crippen LogP contribution in [0, 0.1) is 0 Å². The molecule has 0 aliphatic carbocycles. The molecule has 0 saturated heterocycles. The third-order valence-corrected chi connectivity index (χ3v) is 4.10. The van der Waals surface area contributed by atoms with Crippen molar-refractivity contribution in [1.82, 2.24) is 4.98 Å². The van der Waals surface area contributed by atoms with Gasteiger partial charge < -0.3 is 4.98 Å². The van der Waals surface area contributed by atoms with Crippen molar-refractivity contribution in [2.45, 2.75) is 24.7 Å². The molecule has 3 rings (SSSR count). The summed E-state index contributed by atoms with van der Waals surface area (Å²) in [6, 6.07) is -0.0772. The zero-order valence-corrected chi connectivity index (χ0v) is 13.3. The molecule has 158 valence electrons. The molecule has 3 aromatic rings. The van der Waals surface area contributed by atoms with Gasteiger partial charge in [0.2, 0.25) is 0 Å². The van der Waals surface area contributed by atoms with Crippen LogP contribution in [0.5, 0.6) is 0 Å². The van der Waals surface area contributed by atoms with Gasteiger partial charge in [-0.05, 0) is 24.3 Å². The number of alkyl halides is 12. The van der Waals surface area contributed by atoms with Gasteiger partial charge in [0.15, 0.2) is 0 Å². The maximum atomic E-state index is 13.1. The first-order valence-corrected chi connectivity index (χ1v) is 7.33. The summed E-state index contributed by atoms with van der Waals surface area (Å²) in [5, 5.41) is -1.47. The van der Waals surface area contributed by atoms with Crippen LogP contribution in [0.3, 0.4) is 0 Å². The Kier molecular flexibility index (Phi) is 4.33. The Bertz CT molecular complexity index is 1010. The zero-order chi connectivity index (χ0) is 22.2. The predicted octanol–water partition coefficient (Wildman–Crippen LogP) is 7.40. The molecule has 0 fully saturated rings. The average molecular weight is 439 g/mol. The van der Waals surface area contributed by atoms with Crippen molar-refractivity contribution in [2.75, 3.05) is 0 Å². The molecule has 0 unspecified atom stereocenters. The highest BCUT2D eigenvalue weighted by Gasteiger charge is 2.45. The Morgan fingerprint density at radius 2 is 0.655 bits per heavy atom. The van der Waals surface area contributed by atoms with Gasteiger partial charge in [-0.15, -0.1) is 0 Å². The van der Waals surface area contributed by atoms with E-state index in [4.69, 9.17) is 0 Å². The Morgan fingerprint density at radius 1 is 0.414 bits per heavy atom. The van der Waals surface area contributed by atoms with Crippen molar-refractivity contribution in [3.63, 3.8) is 0 Å². The summed E-state index contributed by atoms with van der Waals surface area (Å²) >= 11 is 0. The minimum absolute atomic E-state index is 0.00131. The minimum atomic E-state index is -5.51. The van der Waals surface area contributed by atoms with E-state index in [1.165, 1.54) is 0 Å². The Morgan fingerprint density at radius 3 is 0.897 bits per heavy atom. The molecule has 0 radical (unpaired) electrons. The smallest absolute Gasteiger partial charge is 0.354 e. The second-order valence-electron chi connectivity index (χ2n) is 6.00. The molecule has 0 aliphatic heterocycles.